The second-order valence-corrected chi connectivity index (χ2v) is 5.50. The van der Waals surface area contributed by atoms with E-state index in [0.717, 1.165) is 0 Å². The van der Waals surface area contributed by atoms with Crippen molar-refractivity contribution in [2.24, 2.45) is 0 Å². The molecule has 10 heteroatoms. The smallest absolute Gasteiger partial charge is 0.387 e. The third kappa shape index (κ3) is 2.93. The molecule has 0 aliphatic carbocycles. The quantitative estimate of drug-likeness (QED) is 0.736. The van der Waals surface area contributed by atoms with E-state index in [0.29, 0.717) is 32.6 Å². The molecule has 3 aromatic rings. The predicted molar refractivity (Wildman–Crippen MR) is 80.1 cm³/mol. The van der Waals surface area contributed by atoms with Crippen LogP contribution in [0.3, 0.4) is 0 Å². The predicted octanol–water partition coefficient (Wildman–Crippen LogP) is 2.86. The van der Waals surface area contributed by atoms with Gasteiger partial charge in [0.15, 0.2) is 11.3 Å². The molecule has 0 bridgehead atoms. The molecule has 0 unspecified atom stereocenters. The lowest BCUT2D eigenvalue weighted by atomic mass is 10.0. The van der Waals surface area contributed by atoms with Crippen molar-refractivity contribution in [3.05, 3.63) is 33.7 Å². The Morgan fingerprint density at radius 2 is 2.17 bits per heavy atom. The number of alkyl halides is 2. The number of nitrogen functional groups attached to an aromatic ring is 1. The molecule has 0 radical (unpaired) electrons. The van der Waals surface area contributed by atoms with Gasteiger partial charge in [0.2, 0.25) is 5.65 Å². The summed E-state index contributed by atoms with van der Waals surface area (Å²) in [6.45, 7) is -1.24. The molecule has 0 aliphatic heterocycles. The van der Waals surface area contributed by atoms with Crippen LogP contribution in [0.25, 0.3) is 11.2 Å². The summed E-state index contributed by atoms with van der Waals surface area (Å²) in [5, 5.41) is 7.33. The number of rotatable bonds is 4. The molecule has 120 valence electrons. The minimum atomic E-state index is -2.96. The first-order valence-corrected chi connectivity index (χ1v) is 7.22. The normalized spacial score (nSPS) is 11.3. The van der Waals surface area contributed by atoms with Crippen LogP contribution in [-0.2, 0) is 6.42 Å². The van der Waals surface area contributed by atoms with Crippen LogP contribution in [0, 0.1) is 6.92 Å². The van der Waals surface area contributed by atoms with Crippen LogP contribution < -0.4 is 10.5 Å². The first-order chi connectivity index (χ1) is 11.0. The lowest BCUT2D eigenvalue weighted by molar-refractivity contribution is -0.0511. The van der Waals surface area contributed by atoms with Gasteiger partial charge < -0.3 is 10.5 Å². The van der Waals surface area contributed by atoms with Crippen molar-refractivity contribution in [3.8, 4) is 5.75 Å². The second kappa shape index (κ2) is 6.03. The van der Waals surface area contributed by atoms with Crippen LogP contribution in [0.2, 0.25) is 0 Å². The number of nitrogens with zero attached hydrogens (tertiary/aromatic N) is 4. The summed E-state index contributed by atoms with van der Waals surface area (Å²) in [4.78, 5) is 8.34. The number of ether oxygens (including phenoxy) is 1. The van der Waals surface area contributed by atoms with Crippen LogP contribution in [0.4, 0.5) is 14.5 Å². The highest BCUT2D eigenvalue weighted by molar-refractivity contribution is 9.10. The molecule has 0 aliphatic rings. The van der Waals surface area contributed by atoms with Crippen molar-refractivity contribution in [1.29, 1.82) is 0 Å². The van der Waals surface area contributed by atoms with E-state index in [9.17, 15) is 8.78 Å². The summed E-state index contributed by atoms with van der Waals surface area (Å²) >= 11 is 3.18. The number of pyridine rings is 2. The molecule has 3 heterocycles. The molecule has 23 heavy (non-hydrogen) atoms. The van der Waals surface area contributed by atoms with Crippen molar-refractivity contribution in [2.75, 3.05) is 5.73 Å². The topological polar surface area (TPSA) is 100.0 Å². The van der Waals surface area contributed by atoms with Gasteiger partial charge in [-0.2, -0.15) is 8.78 Å². The van der Waals surface area contributed by atoms with Gasteiger partial charge in [0.1, 0.15) is 0 Å². The summed E-state index contributed by atoms with van der Waals surface area (Å²) in [7, 11) is 0. The largest absolute Gasteiger partial charge is 0.432 e. The Morgan fingerprint density at radius 1 is 1.39 bits per heavy atom. The van der Waals surface area contributed by atoms with Gasteiger partial charge in [-0.05, 0) is 39.2 Å². The highest BCUT2D eigenvalue weighted by Gasteiger charge is 2.19. The number of halogens is 3. The number of hydrogen-bond donors (Lipinski definition) is 1. The van der Waals surface area contributed by atoms with Crippen LogP contribution in [0.5, 0.6) is 5.75 Å². The maximum absolute atomic E-state index is 12.6. The Labute approximate surface area is 136 Å². The number of aryl methyl sites for hydroxylation is 1. The fourth-order valence-corrected chi connectivity index (χ4v) is 2.63. The van der Waals surface area contributed by atoms with Crippen molar-refractivity contribution in [2.45, 2.75) is 20.0 Å². The minimum absolute atomic E-state index is 0.0420. The average Bonchev–Trinajstić information content (AvgIpc) is 2.94. The standard InChI is InChI=1S/C13H10BrF2N5O2/c1-5-6(9(17)10-12(19-5)21-23-20-10)4-8-11(22-13(15)16)7(14)2-3-18-8/h2-3,13H,4,17H2,1H3. The fourth-order valence-electron chi connectivity index (χ4n) is 2.19. The lowest BCUT2D eigenvalue weighted by Gasteiger charge is -2.13. The summed E-state index contributed by atoms with van der Waals surface area (Å²) in [5.41, 5.74) is 8.46. The molecule has 2 N–H and O–H groups in total. The number of fused-ring (bicyclic) bond motifs is 1. The van der Waals surface area contributed by atoms with Gasteiger partial charge in [-0.3, -0.25) is 4.98 Å². The average molecular weight is 386 g/mol. The number of hydrogen-bond acceptors (Lipinski definition) is 7. The Bertz CT molecular complexity index is 871. The lowest BCUT2D eigenvalue weighted by Crippen LogP contribution is -2.09. The maximum Gasteiger partial charge on any atom is 0.387 e. The molecule has 3 rings (SSSR count). The van der Waals surface area contributed by atoms with Gasteiger partial charge in [-0.25, -0.2) is 9.61 Å². The van der Waals surface area contributed by atoms with Gasteiger partial charge in [0.05, 0.1) is 15.9 Å². The molecule has 0 atom stereocenters. The zero-order chi connectivity index (χ0) is 16.6. The van der Waals surface area contributed by atoms with E-state index in [2.05, 4.69) is 45.6 Å². The van der Waals surface area contributed by atoms with Crippen molar-refractivity contribution < 1.29 is 18.1 Å². The number of aromatic nitrogens is 4. The van der Waals surface area contributed by atoms with E-state index in [1.807, 2.05) is 0 Å². The SMILES string of the molecule is Cc1nc2nonc2c(N)c1Cc1nccc(Br)c1OC(F)F. The number of anilines is 1. The molecule has 0 fully saturated rings. The summed E-state index contributed by atoms with van der Waals surface area (Å²) < 4.78 is 34.7. The molecule has 0 aromatic carbocycles. The van der Waals surface area contributed by atoms with Gasteiger partial charge in [0, 0.05) is 23.9 Å². The van der Waals surface area contributed by atoms with Crippen molar-refractivity contribution in [1.82, 2.24) is 20.3 Å². The van der Waals surface area contributed by atoms with E-state index in [-0.39, 0.29) is 17.8 Å². The van der Waals surface area contributed by atoms with E-state index >= 15 is 0 Å². The molecule has 3 aromatic heterocycles. The first-order valence-electron chi connectivity index (χ1n) is 6.42. The minimum Gasteiger partial charge on any atom is -0.432 e. The molecule has 0 saturated heterocycles. The van der Waals surface area contributed by atoms with Gasteiger partial charge in [0.25, 0.3) is 0 Å². The van der Waals surface area contributed by atoms with Gasteiger partial charge in [-0.1, -0.05) is 0 Å². The molecule has 0 spiro atoms. The van der Waals surface area contributed by atoms with Crippen LogP contribution >= 0.6 is 15.9 Å². The monoisotopic (exact) mass is 385 g/mol. The molecule has 7 nitrogen and oxygen atoms in total. The Hall–Kier alpha value is -2.36. The van der Waals surface area contributed by atoms with Gasteiger partial charge in [-0.15, -0.1) is 0 Å². The zero-order valence-corrected chi connectivity index (χ0v) is 13.3. The maximum atomic E-state index is 12.6. The van der Waals surface area contributed by atoms with Crippen LogP contribution in [-0.4, -0.2) is 26.9 Å². The molecule has 0 amide bonds. The molecular weight excluding hydrogens is 376 g/mol. The summed E-state index contributed by atoms with van der Waals surface area (Å²) in [6, 6.07) is 1.51. The van der Waals surface area contributed by atoms with E-state index in [1.165, 1.54) is 12.3 Å². The molecule has 0 saturated carbocycles. The third-order valence-electron chi connectivity index (χ3n) is 3.24. The van der Waals surface area contributed by atoms with Crippen LogP contribution in [0.15, 0.2) is 21.4 Å². The Balaban J connectivity index is 2.07. The highest BCUT2D eigenvalue weighted by Crippen LogP contribution is 2.33. The van der Waals surface area contributed by atoms with E-state index in [4.69, 9.17) is 5.73 Å². The highest BCUT2D eigenvalue weighted by atomic mass is 79.9. The Kier molecular flexibility index (Phi) is 4.07. The molecular formula is C13H10BrF2N5O2. The zero-order valence-electron chi connectivity index (χ0n) is 11.8. The van der Waals surface area contributed by atoms with Crippen molar-refractivity contribution in [3.63, 3.8) is 0 Å². The first kappa shape index (κ1) is 15.5. The van der Waals surface area contributed by atoms with Gasteiger partial charge >= 0.3 is 6.61 Å². The van der Waals surface area contributed by atoms with Crippen molar-refractivity contribution >= 4 is 32.8 Å². The Morgan fingerprint density at radius 3 is 2.91 bits per heavy atom. The van der Waals surface area contributed by atoms with E-state index in [1.54, 1.807) is 6.92 Å². The summed E-state index contributed by atoms with van der Waals surface area (Å²) in [5.74, 6) is -0.0420. The third-order valence-corrected chi connectivity index (χ3v) is 3.87. The fraction of sp³-hybridized carbons (Fsp3) is 0.231. The van der Waals surface area contributed by atoms with E-state index < -0.39 is 6.61 Å². The second-order valence-electron chi connectivity index (χ2n) is 4.65. The van der Waals surface area contributed by atoms with Crippen LogP contribution in [0.1, 0.15) is 17.0 Å². The summed E-state index contributed by atoms with van der Waals surface area (Å²) in [6.07, 6.45) is 1.63. The number of nitrogens with two attached hydrogens (primary N) is 1.